The minimum absolute atomic E-state index is 0.102. The maximum atomic E-state index is 12.4. The molecule has 1 saturated carbocycles. The van der Waals surface area contributed by atoms with Gasteiger partial charge in [-0.15, -0.1) is 0 Å². The van der Waals surface area contributed by atoms with Crippen LogP contribution in [0, 0.1) is 0 Å². The van der Waals surface area contributed by atoms with Crippen molar-refractivity contribution >= 4 is 11.7 Å². The summed E-state index contributed by atoms with van der Waals surface area (Å²) in [6, 6.07) is 3.56. The van der Waals surface area contributed by atoms with Gasteiger partial charge in [-0.05, 0) is 24.8 Å². The van der Waals surface area contributed by atoms with Crippen LogP contribution in [0.1, 0.15) is 57.6 Å². The summed E-state index contributed by atoms with van der Waals surface area (Å²) in [5.41, 5.74) is -0.0312. The molecule has 128 valence electrons. The summed E-state index contributed by atoms with van der Waals surface area (Å²) >= 11 is 0. The maximum Gasteiger partial charge on any atom is 0.252 e. The molecule has 7 heteroatoms. The number of nitrogens with one attached hydrogen (secondary N) is 1. The molecule has 0 aliphatic heterocycles. The van der Waals surface area contributed by atoms with Crippen LogP contribution in [0.25, 0.3) is 5.95 Å². The number of nitrogens with zero attached hydrogens (tertiary/aromatic N) is 4. The monoisotopic (exact) mass is 329 g/mol. The van der Waals surface area contributed by atoms with Crippen molar-refractivity contribution in [1.29, 1.82) is 0 Å². The van der Waals surface area contributed by atoms with Crippen molar-refractivity contribution in [2.24, 2.45) is 0 Å². The molecule has 2 N–H and O–H groups in total. The third-order valence-electron chi connectivity index (χ3n) is 4.35. The third kappa shape index (κ3) is 3.62. The Labute approximate surface area is 141 Å². The first kappa shape index (κ1) is 16.6. The quantitative estimate of drug-likeness (QED) is 0.879. The molecule has 0 aromatic carbocycles. The van der Waals surface area contributed by atoms with Gasteiger partial charge < -0.3 is 10.4 Å². The third-order valence-corrected chi connectivity index (χ3v) is 4.35. The van der Waals surface area contributed by atoms with Gasteiger partial charge in [-0.3, -0.25) is 4.79 Å². The largest absolute Gasteiger partial charge is 0.389 e. The van der Waals surface area contributed by atoms with Gasteiger partial charge >= 0.3 is 0 Å². The first-order chi connectivity index (χ1) is 11.5. The smallest absolute Gasteiger partial charge is 0.252 e. The van der Waals surface area contributed by atoms with Crippen molar-refractivity contribution in [3.8, 4) is 5.95 Å². The Balaban J connectivity index is 1.82. The van der Waals surface area contributed by atoms with Crippen molar-refractivity contribution < 1.29 is 9.90 Å². The lowest BCUT2D eigenvalue weighted by Crippen LogP contribution is -2.31. The second kappa shape index (κ2) is 6.68. The van der Waals surface area contributed by atoms with Gasteiger partial charge in [0.25, 0.3) is 5.95 Å². The Hall–Kier alpha value is -2.28. The highest BCUT2D eigenvalue weighted by Gasteiger charge is 2.33. The van der Waals surface area contributed by atoms with Crippen molar-refractivity contribution in [2.75, 3.05) is 5.32 Å². The first-order valence-corrected chi connectivity index (χ1v) is 8.36. The Morgan fingerprint density at radius 2 is 2.00 bits per heavy atom. The molecule has 24 heavy (non-hydrogen) atoms. The molecule has 3 rings (SSSR count). The van der Waals surface area contributed by atoms with Crippen LogP contribution < -0.4 is 5.32 Å². The molecular weight excluding hydrogens is 306 g/mol. The van der Waals surface area contributed by atoms with Crippen molar-refractivity contribution in [3.05, 3.63) is 30.2 Å². The molecular formula is C17H23N5O2. The van der Waals surface area contributed by atoms with Crippen LogP contribution in [0.4, 0.5) is 5.82 Å². The molecule has 0 bridgehead atoms. The number of carbonyl (C=O) groups excluding carboxylic acids is 1. The van der Waals surface area contributed by atoms with Gasteiger partial charge in [0, 0.05) is 18.5 Å². The second-order valence-corrected chi connectivity index (χ2v) is 6.73. The fourth-order valence-corrected chi connectivity index (χ4v) is 3.02. The van der Waals surface area contributed by atoms with E-state index in [4.69, 9.17) is 0 Å². The molecule has 2 aromatic rings. The molecule has 7 nitrogen and oxygen atoms in total. The number of hydrogen-bond acceptors (Lipinski definition) is 5. The highest BCUT2D eigenvalue weighted by molar-refractivity contribution is 5.90. The number of anilines is 1. The fourth-order valence-electron chi connectivity index (χ4n) is 3.02. The molecule has 0 radical (unpaired) electrons. The van der Waals surface area contributed by atoms with Gasteiger partial charge in [-0.25, -0.2) is 9.97 Å². The van der Waals surface area contributed by atoms with E-state index in [1.165, 1.54) is 4.68 Å². The van der Waals surface area contributed by atoms with Crippen LogP contribution in [0.2, 0.25) is 0 Å². The van der Waals surface area contributed by atoms with Crippen LogP contribution in [0.3, 0.4) is 0 Å². The number of amides is 1. The van der Waals surface area contributed by atoms with Crippen molar-refractivity contribution in [3.63, 3.8) is 0 Å². The zero-order valence-electron chi connectivity index (χ0n) is 14.1. The number of hydrogen-bond donors (Lipinski definition) is 2. The molecule has 1 fully saturated rings. The van der Waals surface area contributed by atoms with Crippen LogP contribution in [-0.4, -0.2) is 36.4 Å². The van der Waals surface area contributed by atoms with E-state index in [0.29, 0.717) is 24.6 Å². The number of aromatic nitrogens is 4. The van der Waals surface area contributed by atoms with E-state index in [1.54, 1.807) is 18.5 Å². The summed E-state index contributed by atoms with van der Waals surface area (Å²) in [5.74, 6) is 0.923. The van der Waals surface area contributed by atoms with Crippen LogP contribution in [-0.2, 0) is 4.79 Å². The molecule has 1 amide bonds. The summed E-state index contributed by atoms with van der Waals surface area (Å²) in [6.07, 6.45) is 6.66. The van der Waals surface area contributed by atoms with Gasteiger partial charge in [0.05, 0.1) is 17.7 Å². The normalized spacial score (nSPS) is 16.5. The first-order valence-electron chi connectivity index (χ1n) is 8.36. The van der Waals surface area contributed by atoms with Gasteiger partial charge in [0.2, 0.25) is 5.91 Å². The molecule has 1 aliphatic rings. The Bertz CT molecular complexity index is 705. The van der Waals surface area contributed by atoms with Crippen LogP contribution in [0.15, 0.2) is 24.5 Å². The summed E-state index contributed by atoms with van der Waals surface area (Å²) in [4.78, 5) is 20.8. The molecule has 2 aromatic heterocycles. The van der Waals surface area contributed by atoms with E-state index in [2.05, 4.69) is 20.4 Å². The summed E-state index contributed by atoms with van der Waals surface area (Å²) in [5, 5.41) is 17.8. The SMILES string of the molecule is CC(C)c1cc(NC(=O)CC2(O)CCCC2)n(-c2ncccn2)n1. The summed E-state index contributed by atoms with van der Waals surface area (Å²) in [6.45, 7) is 4.07. The van der Waals surface area contributed by atoms with Crippen LogP contribution in [0.5, 0.6) is 0 Å². The van der Waals surface area contributed by atoms with E-state index in [9.17, 15) is 9.90 Å². The highest BCUT2D eigenvalue weighted by Crippen LogP contribution is 2.32. The second-order valence-electron chi connectivity index (χ2n) is 6.73. The number of carbonyl (C=O) groups is 1. The number of aliphatic hydroxyl groups is 1. The predicted octanol–water partition coefficient (Wildman–Crippen LogP) is 2.42. The molecule has 2 heterocycles. The van der Waals surface area contributed by atoms with E-state index < -0.39 is 5.60 Å². The topological polar surface area (TPSA) is 92.9 Å². The Kier molecular flexibility index (Phi) is 4.62. The van der Waals surface area contributed by atoms with Crippen molar-refractivity contribution in [1.82, 2.24) is 19.7 Å². The van der Waals surface area contributed by atoms with E-state index in [0.717, 1.165) is 18.5 Å². The summed E-state index contributed by atoms with van der Waals surface area (Å²) in [7, 11) is 0. The van der Waals surface area contributed by atoms with Gasteiger partial charge in [0.15, 0.2) is 0 Å². The zero-order chi connectivity index (χ0) is 17.2. The molecule has 0 saturated heterocycles. The van der Waals surface area contributed by atoms with Gasteiger partial charge in [-0.1, -0.05) is 26.7 Å². The molecule has 0 spiro atoms. The fraction of sp³-hybridized carbons (Fsp3) is 0.529. The standard InChI is InChI=1S/C17H23N5O2/c1-12(2)13-10-14(22(21-13)16-18-8-5-9-19-16)20-15(23)11-17(24)6-3-4-7-17/h5,8-10,12,24H,3-4,6-7,11H2,1-2H3,(H,20,23). The van der Waals surface area contributed by atoms with E-state index in [-0.39, 0.29) is 18.2 Å². The van der Waals surface area contributed by atoms with Crippen molar-refractivity contribution in [2.45, 2.75) is 57.5 Å². The summed E-state index contributed by atoms with van der Waals surface area (Å²) < 4.78 is 1.53. The average molecular weight is 329 g/mol. The lowest BCUT2D eigenvalue weighted by atomic mass is 9.98. The predicted molar refractivity (Wildman–Crippen MR) is 89.9 cm³/mol. The Morgan fingerprint density at radius 1 is 1.33 bits per heavy atom. The average Bonchev–Trinajstić information content (AvgIpc) is 3.15. The highest BCUT2D eigenvalue weighted by atomic mass is 16.3. The lowest BCUT2D eigenvalue weighted by molar-refractivity contribution is -0.120. The molecule has 0 unspecified atom stereocenters. The van der Waals surface area contributed by atoms with Crippen LogP contribution >= 0.6 is 0 Å². The maximum absolute atomic E-state index is 12.4. The van der Waals surface area contributed by atoms with E-state index >= 15 is 0 Å². The number of rotatable bonds is 5. The minimum atomic E-state index is -0.876. The van der Waals surface area contributed by atoms with Gasteiger partial charge in [0.1, 0.15) is 5.82 Å². The molecule has 0 atom stereocenters. The zero-order valence-corrected chi connectivity index (χ0v) is 14.1. The lowest BCUT2D eigenvalue weighted by Gasteiger charge is -2.21. The van der Waals surface area contributed by atoms with E-state index in [1.807, 2.05) is 19.9 Å². The molecule has 1 aliphatic carbocycles. The minimum Gasteiger partial charge on any atom is -0.389 e. The Morgan fingerprint density at radius 3 is 2.62 bits per heavy atom. The van der Waals surface area contributed by atoms with Gasteiger partial charge in [-0.2, -0.15) is 9.78 Å².